The standard InChI is InChI=1S/C11H13NO2S/c1-2-7-15(13,14)10-4-3-9-5-6-12-11(9)8-10/h3-6,8,12H,2,7H2,1H3. The first-order chi connectivity index (χ1) is 7.13. The molecule has 0 atom stereocenters. The zero-order chi connectivity index (χ0) is 10.9. The second kappa shape index (κ2) is 3.70. The number of rotatable bonds is 3. The van der Waals surface area contributed by atoms with Crippen molar-refractivity contribution in [1.82, 2.24) is 4.98 Å². The summed E-state index contributed by atoms with van der Waals surface area (Å²) in [6, 6.07) is 7.11. The number of benzene rings is 1. The lowest BCUT2D eigenvalue weighted by Crippen LogP contribution is -2.05. The van der Waals surface area contributed by atoms with Crippen LogP contribution in [0.5, 0.6) is 0 Å². The van der Waals surface area contributed by atoms with Crippen LogP contribution >= 0.6 is 0 Å². The summed E-state index contributed by atoms with van der Waals surface area (Å²) in [7, 11) is -3.10. The minimum Gasteiger partial charge on any atom is -0.361 e. The second-order valence-electron chi connectivity index (χ2n) is 3.55. The SMILES string of the molecule is CCCS(=O)(=O)c1ccc2cc[nH]c2c1. The Bertz CT molecular complexity index is 569. The second-order valence-corrected chi connectivity index (χ2v) is 5.65. The van der Waals surface area contributed by atoms with Gasteiger partial charge in [0.05, 0.1) is 10.6 Å². The first-order valence-corrected chi connectivity index (χ1v) is 6.58. The van der Waals surface area contributed by atoms with Gasteiger partial charge < -0.3 is 4.98 Å². The number of aromatic amines is 1. The Balaban J connectivity index is 2.52. The van der Waals surface area contributed by atoms with Crippen LogP contribution < -0.4 is 0 Å². The van der Waals surface area contributed by atoms with E-state index in [0.717, 1.165) is 10.9 Å². The van der Waals surface area contributed by atoms with Crippen LogP contribution in [-0.2, 0) is 9.84 Å². The molecule has 1 heterocycles. The van der Waals surface area contributed by atoms with Gasteiger partial charge in [0.25, 0.3) is 0 Å². The molecule has 1 aromatic heterocycles. The molecule has 0 aliphatic carbocycles. The molecule has 0 amide bonds. The summed E-state index contributed by atoms with van der Waals surface area (Å²) in [5, 5.41) is 1.03. The Hall–Kier alpha value is -1.29. The fourth-order valence-electron chi connectivity index (χ4n) is 1.61. The Morgan fingerprint density at radius 2 is 2.07 bits per heavy atom. The largest absolute Gasteiger partial charge is 0.361 e. The van der Waals surface area contributed by atoms with E-state index in [0.29, 0.717) is 11.3 Å². The lowest BCUT2D eigenvalue weighted by molar-refractivity contribution is 0.595. The van der Waals surface area contributed by atoms with Gasteiger partial charge in [-0.05, 0) is 30.0 Å². The average Bonchev–Trinajstić information content (AvgIpc) is 2.63. The van der Waals surface area contributed by atoms with Crippen LogP contribution in [0, 0.1) is 0 Å². The highest BCUT2D eigenvalue weighted by atomic mass is 32.2. The predicted octanol–water partition coefficient (Wildman–Crippen LogP) is 2.35. The predicted molar refractivity (Wildman–Crippen MR) is 60.6 cm³/mol. The molecule has 3 nitrogen and oxygen atoms in total. The molecule has 15 heavy (non-hydrogen) atoms. The maximum absolute atomic E-state index is 11.8. The third-order valence-electron chi connectivity index (χ3n) is 2.36. The van der Waals surface area contributed by atoms with E-state index in [9.17, 15) is 8.42 Å². The van der Waals surface area contributed by atoms with Crippen LogP contribution in [0.4, 0.5) is 0 Å². The molecule has 2 rings (SSSR count). The van der Waals surface area contributed by atoms with Crippen LogP contribution in [0.15, 0.2) is 35.4 Å². The van der Waals surface area contributed by atoms with Gasteiger partial charge in [0.15, 0.2) is 9.84 Å². The van der Waals surface area contributed by atoms with Gasteiger partial charge in [-0.15, -0.1) is 0 Å². The fourth-order valence-corrected chi connectivity index (χ4v) is 2.95. The molecule has 2 aromatic rings. The first kappa shape index (κ1) is 10.2. The summed E-state index contributed by atoms with van der Waals surface area (Å²) >= 11 is 0. The molecule has 0 unspecified atom stereocenters. The highest BCUT2D eigenvalue weighted by molar-refractivity contribution is 7.91. The minimum atomic E-state index is -3.10. The molecule has 0 fully saturated rings. The highest BCUT2D eigenvalue weighted by Gasteiger charge is 2.13. The van der Waals surface area contributed by atoms with E-state index in [1.165, 1.54) is 0 Å². The highest BCUT2D eigenvalue weighted by Crippen LogP contribution is 2.19. The molecular weight excluding hydrogens is 210 g/mol. The van der Waals surface area contributed by atoms with Gasteiger partial charge in [-0.2, -0.15) is 0 Å². The summed E-state index contributed by atoms with van der Waals surface area (Å²) in [6.07, 6.45) is 2.45. The van der Waals surface area contributed by atoms with Gasteiger partial charge in [0.2, 0.25) is 0 Å². The van der Waals surface area contributed by atoms with Crippen molar-refractivity contribution in [2.75, 3.05) is 5.75 Å². The van der Waals surface area contributed by atoms with Crippen molar-refractivity contribution in [2.45, 2.75) is 18.2 Å². The van der Waals surface area contributed by atoms with Crippen LogP contribution in [0.1, 0.15) is 13.3 Å². The van der Waals surface area contributed by atoms with Crippen molar-refractivity contribution < 1.29 is 8.42 Å². The molecule has 0 radical (unpaired) electrons. The third-order valence-corrected chi connectivity index (χ3v) is 4.28. The number of aromatic nitrogens is 1. The van der Waals surface area contributed by atoms with E-state index in [1.807, 2.05) is 19.1 Å². The Labute approximate surface area is 89.0 Å². The molecule has 0 bridgehead atoms. The van der Waals surface area contributed by atoms with E-state index in [4.69, 9.17) is 0 Å². The topological polar surface area (TPSA) is 49.9 Å². The number of hydrogen-bond donors (Lipinski definition) is 1. The van der Waals surface area contributed by atoms with Gasteiger partial charge >= 0.3 is 0 Å². The average molecular weight is 223 g/mol. The van der Waals surface area contributed by atoms with E-state index >= 15 is 0 Å². The molecular formula is C11H13NO2S. The molecule has 0 saturated heterocycles. The van der Waals surface area contributed by atoms with Crippen LogP contribution in [0.3, 0.4) is 0 Å². The molecule has 0 spiro atoms. The zero-order valence-electron chi connectivity index (χ0n) is 8.53. The smallest absolute Gasteiger partial charge is 0.178 e. The maximum Gasteiger partial charge on any atom is 0.178 e. The van der Waals surface area contributed by atoms with Crippen molar-refractivity contribution in [3.63, 3.8) is 0 Å². The van der Waals surface area contributed by atoms with E-state index in [-0.39, 0.29) is 5.75 Å². The molecule has 0 aliphatic rings. The normalized spacial score (nSPS) is 12.1. The Morgan fingerprint density at radius 3 is 2.80 bits per heavy atom. The lowest BCUT2D eigenvalue weighted by Gasteiger charge is -2.02. The monoisotopic (exact) mass is 223 g/mol. The van der Waals surface area contributed by atoms with E-state index in [2.05, 4.69) is 4.98 Å². The van der Waals surface area contributed by atoms with Crippen molar-refractivity contribution >= 4 is 20.7 Å². The number of hydrogen-bond acceptors (Lipinski definition) is 2. The van der Waals surface area contributed by atoms with Crippen molar-refractivity contribution in [3.8, 4) is 0 Å². The van der Waals surface area contributed by atoms with Crippen molar-refractivity contribution in [2.24, 2.45) is 0 Å². The van der Waals surface area contributed by atoms with Crippen LogP contribution in [-0.4, -0.2) is 19.2 Å². The molecule has 0 saturated carbocycles. The number of nitrogens with one attached hydrogen (secondary N) is 1. The number of fused-ring (bicyclic) bond motifs is 1. The van der Waals surface area contributed by atoms with E-state index in [1.54, 1.807) is 18.3 Å². The maximum atomic E-state index is 11.8. The van der Waals surface area contributed by atoms with Gasteiger partial charge in [-0.3, -0.25) is 0 Å². The summed E-state index contributed by atoms with van der Waals surface area (Å²) in [5.41, 5.74) is 0.868. The lowest BCUT2D eigenvalue weighted by atomic mass is 10.2. The van der Waals surface area contributed by atoms with Gasteiger partial charge in [-0.25, -0.2) is 8.42 Å². The van der Waals surface area contributed by atoms with Gasteiger partial charge in [0, 0.05) is 11.7 Å². The van der Waals surface area contributed by atoms with Crippen molar-refractivity contribution in [1.29, 1.82) is 0 Å². The molecule has 4 heteroatoms. The summed E-state index contributed by atoms with van der Waals surface area (Å²) in [4.78, 5) is 3.41. The summed E-state index contributed by atoms with van der Waals surface area (Å²) < 4.78 is 23.6. The van der Waals surface area contributed by atoms with Crippen LogP contribution in [0.2, 0.25) is 0 Å². The Morgan fingerprint density at radius 1 is 1.27 bits per heavy atom. The molecule has 0 aliphatic heterocycles. The first-order valence-electron chi connectivity index (χ1n) is 4.93. The van der Waals surface area contributed by atoms with E-state index < -0.39 is 9.84 Å². The van der Waals surface area contributed by atoms with Gasteiger partial charge in [-0.1, -0.05) is 13.0 Å². The third kappa shape index (κ3) is 1.90. The Kier molecular flexibility index (Phi) is 2.52. The van der Waals surface area contributed by atoms with Gasteiger partial charge in [0.1, 0.15) is 0 Å². The molecule has 1 N–H and O–H groups in total. The zero-order valence-corrected chi connectivity index (χ0v) is 9.34. The minimum absolute atomic E-state index is 0.208. The summed E-state index contributed by atoms with van der Waals surface area (Å²) in [5.74, 6) is 0.208. The molecule has 80 valence electrons. The summed E-state index contributed by atoms with van der Waals surface area (Å²) in [6.45, 7) is 1.87. The number of H-pyrrole nitrogens is 1. The number of sulfone groups is 1. The quantitative estimate of drug-likeness (QED) is 0.868. The van der Waals surface area contributed by atoms with Crippen molar-refractivity contribution in [3.05, 3.63) is 30.5 Å². The molecule has 1 aromatic carbocycles. The van der Waals surface area contributed by atoms with Crippen LogP contribution in [0.25, 0.3) is 10.9 Å². The fraction of sp³-hybridized carbons (Fsp3) is 0.273.